The molecule has 0 aliphatic rings. The Hall–Kier alpha value is -0.900. The molecule has 3 heteroatoms. The second kappa shape index (κ2) is 16.1. The first-order chi connectivity index (χ1) is 13.1. The maximum Gasteiger partial charge on any atom is 0.103 e. The second-order valence-corrected chi connectivity index (χ2v) is 8.24. The van der Waals surface area contributed by atoms with Crippen LogP contribution in [0.3, 0.4) is 0 Å². The zero-order valence-corrected chi connectivity index (χ0v) is 17.6. The van der Waals surface area contributed by atoms with E-state index in [0.717, 1.165) is 24.3 Å². The Labute approximate surface area is 167 Å². The monoisotopic (exact) mass is 378 g/mol. The highest BCUT2D eigenvalue weighted by Gasteiger charge is 2.18. The fraction of sp³-hybridized carbons (Fsp3) is 0.750. The molecule has 0 unspecified atom stereocenters. The average molecular weight is 379 g/mol. The summed E-state index contributed by atoms with van der Waals surface area (Å²) in [6.45, 7) is 4.85. The Bertz CT molecular complexity index is 433. The lowest BCUT2D eigenvalue weighted by molar-refractivity contribution is -0.0691. The first-order valence-corrected chi connectivity index (χ1v) is 11.1. The summed E-state index contributed by atoms with van der Waals surface area (Å²) in [7, 11) is 0. The summed E-state index contributed by atoms with van der Waals surface area (Å²) in [6, 6.07) is 9.99. The molecule has 0 heterocycles. The minimum absolute atomic E-state index is 0.240. The van der Waals surface area contributed by atoms with Crippen LogP contribution < -0.4 is 0 Å². The van der Waals surface area contributed by atoms with Gasteiger partial charge in [-0.25, -0.2) is 0 Å². The van der Waals surface area contributed by atoms with Gasteiger partial charge in [0.05, 0.1) is 19.3 Å². The molecule has 0 aliphatic carbocycles. The quantitative estimate of drug-likeness (QED) is 0.333. The molecule has 2 atom stereocenters. The van der Waals surface area contributed by atoms with Crippen molar-refractivity contribution in [2.75, 3.05) is 6.61 Å². The van der Waals surface area contributed by atoms with Gasteiger partial charge in [-0.05, 0) is 17.9 Å². The fourth-order valence-corrected chi connectivity index (χ4v) is 3.42. The highest BCUT2D eigenvalue weighted by Crippen LogP contribution is 2.16. The van der Waals surface area contributed by atoms with Crippen LogP contribution in [0.2, 0.25) is 0 Å². The van der Waals surface area contributed by atoms with E-state index in [4.69, 9.17) is 4.74 Å². The molecule has 0 bridgehead atoms. The van der Waals surface area contributed by atoms with Gasteiger partial charge in [0.2, 0.25) is 0 Å². The van der Waals surface area contributed by atoms with Crippen molar-refractivity contribution >= 4 is 0 Å². The van der Waals surface area contributed by atoms with E-state index in [1.165, 1.54) is 57.8 Å². The molecule has 0 aromatic heterocycles. The zero-order chi connectivity index (χ0) is 19.7. The summed E-state index contributed by atoms with van der Waals surface area (Å²) < 4.78 is 5.87. The number of ether oxygens (including phenoxy) is 1. The normalized spacial score (nSPS) is 13.8. The topological polar surface area (TPSA) is 49.7 Å². The highest BCUT2D eigenvalue weighted by atomic mass is 16.5. The molecule has 1 aromatic rings. The number of unbranched alkanes of at least 4 members (excludes halogenated alkanes) is 8. The van der Waals surface area contributed by atoms with Crippen LogP contribution in [0.1, 0.15) is 90.0 Å². The molecule has 0 radical (unpaired) electrons. The summed E-state index contributed by atoms with van der Waals surface area (Å²) in [5.41, 5.74) is 1.10. The predicted octanol–water partition coefficient (Wildman–Crippen LogP) is 5.87. The third kappa shape index (κ3) is 13.0. The Morgan fingerprint density at radius 3 is 1.81 bits per heavy atom. The molecule has 156 valence electrons. The van der Waals surface area contributed by atoms with E-state index < -0.39 is 6.10 Å². The summed E-state index contributed by atoms with van der Waals surface area (Å²) in [4.78, 5) is 0. The van der Waals surface area contributed by atoms with E-state index in [1.54, 1.807) is 0 Å². The average Bonchev–Trinajstić information content (AvgIpc) is 2.68. The lowest BCUT2D eigenvalue weighted by Crippen LogP contribution is -2.32. The maximum absolute atomic E-state index is 10.00. The Morgan fingerprint density at radius 2 is 1.30 bits per heavy atom. The van der Waals surface area contributed by atoms with Gasteiger partial charge >= 0.3 is 0 Å². The van der Waals surface area contributed by atoms with Gasteiger partial charge in [0.25, 0.3) is 0 Å². The van der Waals surface area contributed by atoms with Crippen molar-refractivity contribution in [2.45, 2.75) is 103 Å². The largest absolute Gasteiger partial charge is 0.394 e. The van der Waals surface area contributed by atoms with Crippen molar-refractivity contribution in [3.05, 3.63) is 35.9 Å². The van der Waals surface area contributed by atoms with E-state index in [2.05, 4.69) is 13.8 Å². The molecule has 0 saturated carbocycles. The SMILES string of the molecule is CC(C)CCCCCCCCCCC[C@@H](OCc1ccccc1)[C@H](O)CO. The molecule has 2 N–H and O–H groups in total. The van der Waals surface area contributed by atoms with Crippen molar-refractivity contribution in [1.29, 1.82) is 0 Å². The van der Waals surface area contributed by atoms with Gasteiger partial charge in [-0.2, -0.15) is 0 Å². The van der Waals surface area contributed by atoms with Crippen LogP contribution in [0.4, 0.5) is 0 Å². The van der Waals surface area contributed by atoms with Crippen LogP contribution in [-0.4, -0.2) is 29.0 Å². The van der Waals surface area contributed by atoms with Crippen molar-refractivity contribution in [1.82, 2.24) is 0 Å². The molecule has 3 nitrogen and oxygen atoms in total. The molecule has 1 rings (SSSR count). The number of aliphatic hydroxyl groups is 2. The molecular formula is C24H42O3. The Kier molecular flexibility index (Phi) is 14.4. The number of aliphatic hydroxyl groups excluding tert-OH is 2. The lowest BCUT2D eigenvalue weighted by Gasteiger charge is -2.22. The van der Waals surface area contributed by atoms with E-state index in [9.17, 15) is 10.2 Å². The van der Waals surface area contributed by atoms with E-state index in [-0.39, 0.29) is 12.7 Å². The second-order valence-electron chi connectivity index (χ2n) is 8.24. The molecule has 27 heavy (non-hydrogen) atoms. The van der Waals surface area contributed by atoms with Gasteiger partial charge in [0, 0.05) is 0 Å². The predicted molar refractivity (Wildman–Crippen MR) is 114 cm³/mol. The lowest BCUT2D eigenvalue weighted by atomic mass is 10.0. The number of rotatable bonds is 17. The third-order valence-corrected chi connectivity index (χ3v) is 5.19. The summed E-state index contributed by atoms with van der Waals surface area (Å²) in [6.07, 6.45) is 12.8. The first-order valence-electron chi connectivity index (χ1n) is 11.1. The summed E-state index contributed by atoms with van der Waals surface area (Å²) in [5.74, 6) is 0.842. The maximum atomic E-state index is 10.00. The minimum Gasteiger partial charge on any atom is -0.394 e. The Balaban J connectivity index is 2.05. The van der Waals surface area contributed by atoms with Crippen LogP contribution in [0.15, 0.2) is 30.3 Å². The number of benzene rings is 1. The van der Waals surface area contributed by atoms with Crippen molar-refractivity contribution in [3.63, 3.8) is 0 Å². The molecule has 1 aromatic carbocycles. The molecule has 0 fully saturated rings. The van der Waals surface area contributed by atoms with E-state index >= 15 is 0 Å². The third-order valence-electron chi connectivity index (χ3n) is 5.19. The standard InChI is InChI=1S/C24H42O3/c1-21(2)15-11-8-6-4-3-5-7-9-14-18-24(23(26)19-25)27-20-22-16-12-10-13-17-22/h10,12-13,16-17,21,23-26H,3-9,11,14-15,18-20H2,1-2H3/t23-,24-/m1/s1. The molecule has 0 aliphatic heterocycles. The molecule has 0 saturated heterocycles. The minimum atomic E-state index is -0.792. The number of hydrogen-bond donors (Lipinski definition) is 2. The first kappa shape index (κ1) is 24.1. The van der Waals surface area contributed by atoms with Crippen molar-refractivity contribution in [3.8, 4) is 0 Å². The van der Waals surface area contributed by atoms with Crippen LogP contribution in [0.25, 0.3) is 0 Å². The Morgan fingerprint density at radius 1 is 0.778 bits per heavy atom. The van der Waals surface area contributed by atoms with Gasteiger partial charge in [-0.15, -0.1) is 0 Å². The van der Waals surface area contributed by atoms with Gasteiger partial charge in [-0.3, -0.25) is 0 Å². The van der Waals surface area contributed by atoms with Gasteiger partial charge in [-0.1, -0.05) is 108 Å². The smallest absolute Gasteiger partial charge is 0.103 e. The summed E-state index contributed by atoms with van der Waals surface area (Å²) in [5, 5.41) is 19.3. The van der Waals surface area contributed by atoms with Crippen LogP contribution in [0.5, 0.6) is 0 Å². The van der Waals surface area contributed by atoms with Gasteiger partial charge in [0.1, 0.15) is 6.10 Å². The molecule has 0 amide bonds. The van der Waals surface area contributed by atoms with Crippen LogP contribution in [-0.2, 0) is 11.3 Å². The number of hydrogen-bond acceptors (Lipinski definition) is 3. The van der Waals surface area contributed by atoms with Crippen molar-refractivity contribution < 1.29 is 14.9 Å². The highest BCUT2D eigenvalue weighted by molar-refractivity contribution is 5.13. The molecule has 0 spiro atoms. The zero-order valence-electron chi connectivity index (χ0n) is 17.6. The van der Waals surface area contributed by atoms with Crippen LogP contribution >= 0.6 is 0 Å². The molecular weight excluding hydrogens is 336 g/mol. The van der Waals surface area contributed by atoms with Gasteiger partial charge in [0.15, 0.2) is 0 Å². The van der Waals surface area contributed by atoms with E-state index in [0.29, 0.717) is 6.61 Å². The van der Waals surface area contributed by atoms with Crippen LogP contribution in [0, 0.1) is 5.92 Å². The fourth-order valence-electron chi connectivity index (χ4n) is 3.42. The van der Waals surface area contributed by atoms with E-state index in [1.807, 2.05) is 30.3 Å². The van der Waals surface area contributed by atoms with Gasteiger partial charge < -0.3 is 14.9 Å². The van der Waals surface area contributed by atoms with Crippen molar-refractivity contribution in [2.24, 2.45) is 5.92 Å². The summed E-state index contributed by atoms with van der Waals surface area (Å²) >= 11 is 0.